The van der Waals surface area contributed by atoms with E-state index >= 15 is 0 Å². The highest BCUT2D eigenvalue weighted by atomic mass is 16.1. The van der Waals surface area contributed by atoms with Crippen molar-refractivity contribution >= 4 is 5.78 Å². The van der Waals surface area contributed by atoms with Crippen LogP contribution in [0.3, 0.4) is 0 Å². The molecule has 1 aliphatic rings. The van der Waals surface area contributed by atoms with Gasteiger partial charge in [0.25, 0.3) is 0 Å². The van der Waals surface area contributed by atoms with Gasteiger partial charge in [0.1, 0.15) is 5.78 Å². The van der Waals surface area contributed by atoms with Gasteiger partial charge < -0.3 is 0 Å². The number of carbonyl (C=O) groups excluding carboxylic acids is 1. The molecule has 1 saturated carbocycles. The summed E-state index contributed by atoms with van der Waals surface area (Å²) in [5.41, 5.74) is 0. The molecular formula is C11H18O. The van der Waals surface area contributed by atoms with E-state index in [0.29, 0.717) is 17.6 Å². The number of Topliss-reactive ketones (excluding diaryl/α,β-unsaturated/α-hetero) is 1. The van der Waals surface area contributed by atoms with Crippen LogP contribution in [0.25, 0.3) is 0 Å². The fourth-order valence-electron chi connectivity index (χ4n) is 1.60. The summed E-state index contributed by atoms with van der Waals surface area (Å²) in [7, 11) is 0. The smallest absolute Gasteiger partial charge is 0.133 e. The van der Waals surface area contributed by atoms with E-state index in [2.05, 4.69) is 26.0 Å². The zero-order valence-corrected chi connectivity index (χ0v) is 8.05. The Labute approximate surface area is 74.9 Å². The van der Waals surface area contributed by atoms with Crippen LogP contribution in [0.4, 0.5) is 0 Å². The number of ketones is 1. The van der Waals surface area contributed by atoms with Gasteiger partial charge in [0.05, 0.1) is 0 Å². The van der Waals surface area contributed by atoms with Crippen LogP contribution >= 0.6 is 0 Å². The first-order valence-electron chi connectivity index (χ1n) is 4.88. The molecule has 0 aliphatic heterocycles. The molecule has 0 saturated heterocycles. The predicted octanol–water partition coefficient (Wildman–Crippen LogP) is 2.96. The average molecular weight is 166 g/mol. The van der Waals surface area contributed by atoms with E-state index in [4.69, 9.17) is 0 Å². The van der Waals surface area contributed by atoms with Gasteiger partial charge in [0.15, 0.2) is 0 Å². The summed E-state index contributed by atoms with van der Waals surface area (Å²) in [4.78, 5) is 11.1. The van der Waals surface area contributed by atoms with E-state index in [1.807, 2.05) is 0 Å². The SMILES string of the molecule is CC(C)C=CC1CCCC(=O)C1. The molecule has 68 valence electrons. The zero-order valence-electron chi connectivity index (χ0n) is 8.05. The maximum atomic E-state index is 11.1. The Balaban J connectivity index is 2.36. The highest BCUT2D eigenvalue weighted by Gasteiger charge is 2.16. The van der Waals surface area contributed by atoms with Gasteiger partial charge in [-0.1, -0.05) is 26.0 Å². The van der Waals surface area contributed by atoms with Crippen molar-refractivity contribution in [2.75, 3.05) is 0 Å². The van der Waals surface area contributed by atoms with Gasteiger partial charge in [-0.05, 0) is 24.7 Å². The number of hydrogen-bond donors (Lipinski definition) is 0. The Bertz CT molecular complexity index is 179. The topological polar surface area (TPSA) is 17.1 Å². The Morgan fingerprint density at radius 3 is 2.83 bits per heavy atom. The third-order valence-electron chi connectivity index (χ3n) is 2.29. The lowest BCUT2D eigenvalue weighted by Gasteiger charge is -2.17. The third kappa shape index (κ3) is 3.21. The van der Waals surface area contributed by atoms with Crippen LogP contribution in [-0.4, -0.2) is 5.78 Å². The molecule has 0 aromatic heterocycles. The van der Waals surface area contributed by atoms with E-state index in [-0.39, 0.29) is 0 Å². The Morgan fingerprint density at radius 1 is 1.50 bits per heavy atom. The van der Waals surface area contributed by atoms with E-state index < -0.39 is 0 Å². The van der Waals surface area contributed by atoms with Crippen LogP contribution in [0.1, 0.15) is 39.5 Å². The van der Waals surface area contributed by atoms with Gasteiger partial charge >= 0.3 is 0 Å². The molecule has 1 heteroatoms. The molecule has 12 heavy (non-hydrogen) atoms. The number of rotatable bonds is 2. The summed E-state index contributed by atoms with van der Waals surface area (Å²) < 4.78 is 0. The first-order chi connectivity index (χ1) is 5.68. The fourth-order valence-corrected chi connectivity index (χ4v) is 1.60. The quantitative estimate of drug-likeness (QED) is 0.576. The van der Waals surface area contributed by atoms with Crippen LogP contribution in [0.15, 0.2) is 12.2 Å². The molecular weight excluding hydrogens is 148 g/mol. The van der Waals surface area contributed by atoms with Crippen molar-refractivity contribution in [3.63, 3.8) is 0 Å². The molecule has 0 radical (unpaired) electrons. The van der Waals surface area contributed by atoms with Gasteiger partial charge in [0.2, 0.25) is 0 Å². The molecule has 0 N–H and O–H groups in total. The fraction of sp³-hybridized carbons (Fsp3) is 0.727. The highest BCUT2D eigenvalue weighted by Crippen LogP contribution is 2.22. The van der Waals surface area contributed by atoms with Crippen LogP contribution in [0.5, 0.6) is 0 Å². The predicted molar refractivity (Wildman–Crippen MR) is 50.9 cm³/mol. The van der Waals surface area contributed by atoms with Crippen LogP contribution < -0.4 is 0 Å². The Hall–Kier alpha value is -0.590. The van der Waals surface area contributed by atoms with Crippen molar-refractivity contribution in [2.45, 2.75) is 39.5 Å². The van der Waals surface area contributed by atoms with E-state index in [1.165, 1.54) is 6.42 Å². The van der Waals surface area contributed by atoms with Crippen molar-refractivity contribution in [2.24, 2.45) is 11.8 Å². The van der Waals surface area contributed by atoms with Gasteiger partial charge in [-0.3, -0.25) is 4.79 Å². The average Bonchev–Trinajstić information content (AvgIpc) is 2.01. The molecule has 1 rings (SSSR count). The van der Waals surface area contributed by atoms with Crippen LogP contribution in [-0.2, 0) is 4.79 Å². The summed E-state index contributed by atoms with van der Waals surface area (Å²) >= 11 is 0. The minimum absolute atomic E-state index is 0.444. The summed E-state index contributed by atoms with van der Waals surface area (Å²) in [5, 5.41) is 0. The standard InChI is InChI=1S/C11H18O/c1-9(2)6-7-10-4-3-5-11(12)8-10/h6-7,9-10H,3-5,8H2,1-2H3. The minimum Gasteiger partial charge on any atom is -0.300 e. The molecule has 1 nitrogen and oxygen atoms in total. The van der Waals surface area contributed by atoms with E-state index in [9.17, 15) is 4.79 Å². The lowest BCUT2D eigenvalue weighted by Crippen LogP contribution is -2.12. The number of allylic oxidation sites excluding steroid dienone is 2. The molecule has 0 bridgehead atoms. The number of carbonyl (C=O) groups is 1. The normalized spacial score (nSPS) is 25.6. The maximum Gasteiger partial charge on any atom is 0.133 e. The van der Waals surface area contributed by atoms with Crippen molar-refractivity contribution in [1.29, 1.82) is 0 Å². The summed E-state index contributed by atoms with van der Waals surface area (Å²) in [6.45, 7) is 4.34. The molecule has 1 fully saturated rings. The van der Waals surface area contributed by atoms with E-state index in [0.717, 1.165) is 19.3 Å². The molecule has 0 aromatic carbocycles. The van der Waals surface area contributed by atoms with Crippen LogP contribution in [0.2, 0.25) is 0 Å². The second-order valence-electron chi connectivity index (χ2n) is 4.02. The van der Waals surface area contributed by atoms with Crippen molar-refractivity contribution in [1.82, 2.24) is 0 Å². The molecule has 0 spiro atoms. The monoisotopic (exact) mass is 166 g/mol. The summed E-state index contributed by atoms with van der Waals surface area (Å²) in [5.74, 6) is 1.59. The third-order valence-corrected chi connectivity index (χ3v) is 2.29. The second-order valence-corrected chi connectivity index (χ2v) is 4.02. The Kier molecular flexibility index (Phi) is 3.51. The van der Waals surface area contributed by atoms with Crippen LogP contribution in [0, 0.1) is 11.8 Å². The zero-order chi connectivity index (χ0) is 8.97. The molecule has 1 unspecified atom stereocenters. The van der Waals surface area contributed by atoms with Gasteiger partial charge in [-0.25, -0.2) is 0 Å². The Morgan fingerprint density at radius 2 is 2.25 bits per heavy atom. The largest absolute Gasteiger partial charge is 0.300 e. The first-order valence-corrected chi connectivity index (χ1v) is 4.88. The molecule has 0 amide bonds. The van der Waals surface area contributed by atoms with Gasteiger partial charge in [0, 0.05) is 12.8 Å². The summed E-state index contributed by atoms with van der Waals surface area (Å²) in [6, 6.07) is 0. The second kappa shape index (κ2) is 4.44. The molecule has 1 aliphatic carbocycles. The lowest BCUT2D eigenvalue weighted by molar-refractivity contribution is -0.121. The summed E-state index contributed by atoms with van der Waals surface area (Å²) in [6.07, 6.45) is 8.32. The van der Waals surface area contributed by atoms with Gasteiger partial charge in [-0.2, -0.15) is 0 Å². The minimum atomic E-state index is 0.444. The lowest BCUT2D eigenvalue weighted by atomic mass is 9.87. The molecule has 0 aromatic rings. The maximum absolute atomic E-state index is 11.1. The first kappa shape index (κ1) is 9.50. The molecule has 1 atom stereocenters. The van der Waals surface area contributed by atoms with Crippen molar-refractivity contribution < 1.29 is 4.79 Å². The van der Waals surface area contributed by atoms with Crippen molar-refractivity contribution in [3.8, 4) is 0 Å². The number of hydrogen-bond acceptors (Lipinski definition) is 1. The van der Waals surface area contributed by atoms with Crippen molar-refractivity contribution in [3.05, 3.63) is 12.2 Å². The highest BCUT2D eigenvalue weighted by molar-refractivity contribution is 5.79. The van der Waals surface area contributed by atoms with E-state index in [1.54, 1.807) is 0 Å². The van der Waals surface area contributed by atoms with Gasteiger partial charge in [-0.15, -0.1) is 0 Å². The molecule has 0 heterocycles.